The number of carboxylic acid groups (broad SMARTS) is 1. The minimum Gasteiger partial charge on any atom is -0.481 e. The molecule has 0 fully saturated rings. The molecular weight excluding hydrogens is 545 g/mol. The SMILES string of the molecule is O=C(Cc1ccc2ccccc2c1)NC(Cc1ccccc1)C(=O)CC(Cc1ccc(OP(=O)(O)O)cc1)C(=O)O. The number of benzene rings is 4. The number of carbonyl (C=O) groups excluding carboxylic acids is 2. The molecule has 0 saturated carbocycles. The monoisotopic (exact) mass is 575 g/mol. The van der Waals surface area contributed by atoms with Gasteiger partial charge in [0.25, 0.3) is 0 Å². The van der Waals surface area contributed by atoms with Crippen molar-refractivity contribution in [3.8, 4) is 5.75 Å². The first-order valence-electron chi connectivity index (χ1n) is 13.0. The zero-order chi connectivity index (χ0) is 29.4. The second-order valence-corrected chi connectivity index (χ2v) is 11.0. The number of aliphatic carboxylic acids is 1. The molecule has 0 bridgehead atoms. The third-order valence-electron chi connectivity index (χ3n) is 6.61. The van der Waals surface area contributed by atoms with Crippen molar-refractivity contribution in [2.24, 2.45) is 5.92 Å². The fourth-order valence-corrected chi connectivity index (χ4v) is 5.01. The Kier molecular flexibility index (Phi) is 9.68. The van der Waals surface area contributed by atoms with E-state index in [1.807, 2.05) is 72.8 Å². The lowest BCUT2D eigenvalue weighted by molar-refractivity contribution is -0.144. The first kappa shape index (κ1) is 29.7. The fraction of sp³-hybridized carbons (Fsp3) is 0.194. The molecule has 2 unspecified atom stereocenters. The normalized spacial score (nSPS) is 12.8. The van der Waals surface area contributed by atoms with Crippen LogP contribution in [0.2, 0.25) is 0 Å². The Morgan fingerprint density at radius 2 is 1.37 bits per heavy atom. The number of hydrogen-bond acceptors (Lipinski definition) is 5. The van der Waals surface area contributed by atoms with Crippen LogP contribution in [-0.4, -0.2) is 38.6 Å². The summed E-state index contributed by atoms with van der Waals surface area (Å²) < 4.78 is 15.5. The van der Waals surface area contributed by atoms with Gasteiger partial charge in [-0.1, -0.05) is 84.9 Å². The third kappa shape index (κ3) is 9.11. The van der Waals surface area contributed by atoms with Gasteiger partial charge in [0.2, 0.25) is 5.91 Å². The van der Waals surface area contributed by atoms with E-state index in [0.29, 0.717) is 5.56 Å². The molecule has 0 spiro atoms. The Hall–Kier alpha value is -4.30. The highest BCUT2D eigenvalue weighted by molar-refractivity contribution is 7.46. The van der Waals surface area contributed by atoms with Crippen molar-refractivity contribution < 1.29 is 38.4 Å². The van der Waals surface area contributed by atoms with Gasteiger partial charge >= 0.3 is 13.8 Å². The van der Waals surface area contributed by atoms with Gasteiger partial charge in [0.15, 0.2) is 5.78 Å². The molecular formula is C31H30NO8P. The number of phosphoric ester groups is 1. The van der Waals surface area contributed by atoms with Gasteiger partial charge in [0.1, 0.15) is 5.75 Å². The number of carboxylic acids is 1. The van der Waals surface area contributed by atoms with E-state index in [-0.39, 0.29) is 37.3 Å². The van der Waals surface area contributed by atoms with E-state index in [2.05, 4.69) is 9.84 Å². The highest BCUT2D eigenvalue weighted by Crippen LogP contribution is 2.37. The standard InChI is InChI=1S/C31H30NO8P/c33-29(20-26(31(35)36)16-22-11-14-27(15-12-22)40-41(37,38)39)28(18-21-6-2-1-3-7-21)32-30(34)19-23-10-13-24-8-4-5-9-25(24)17-23/h1-15,17,26,28H,16,18-20H2,(H,32,34)(H,35,36)(H2,37,38,39). The quantitative estimate of drug-likeness (QED) is 0.170. The first-order chi connectivity index (χ1) is 19.6. The second-order valence-electron chi connectivity index (χ2n) is 9.80. The largest absolute Gasteiger partial charge is 0.524 e. The zero-order valence-electron chi connectivity index (χ0n) is 22.1. The van der Waals surface area contributed by atoms with Gasteiger partial charge in [0.05, 0.1) is 18.4 Å². The van der Waals surface area contributed by atoms with Crippen LogP contribution in [0.15, 0.2) is 97.1 Å². The first-order valence-corrected chi connectivity index (χ1v) is 14.5. The van der Waals surface area contributed by atoms with E-state index in [0.717, 1.165) is 21.9 Å². The van der Waals surface area contributed by atoms with Crippen molar-refractivity contribution in [2.75, 3.05) is 0 Å². The van der Waals surface area contributed by atoms with Gasteiger partial charge in [0, 0.05) is 6.42 Å². The minimum atomic E-state index is -4.72. The maximum Gasteiger partial charge on any atom is 0.524 e. The lowest BCUT2D eigenvalue weighted by Crippen LogP contribution is -2.44. The lowest BCUT2D eigenvalue weighted by Gasteiger charge is -2.20. The summed E-state index contributed by atoms with van der Waals surface area (Å²) in [5, 5.41) is 14.7. The number of hydrogen-bond donors (Lipinski definition) is 4. The van der Waals surface area contributed by atoms with Crippen molar-refractivity contribution >= 4 is 36.3 Å². The zero-order valence-corrected chi connectivity index (χ0v) is 22.9. The third-order valence-corrected chi connectivity index (χ3v) is 7.06. The predicted octanol–water partition coefficient (Wildman–Crippen LogP) is 4.48. The minimum absolute atomic E-state index is 0.000354. The molecule has 2 atom stereocenters. The molecule has 41 heavy (non-hydrogen) atoms. The van der Waals surface area contributed by atoms with Crippen LogP contribution >= 0.6 is 7.82 Å². The van der Waals surface area contributed by atoms with E-state index in [9.17, 15) is 24.1 Å². The maximum absolute atomic E-state index is 13.4. The van der Waals surface area contributed by atoms with Crippen molar-refractivity contribution in [2.45, 2.75) is 31.7 Å². The number of fused-ring (bicyclic) bond motifs is 1. The summed E-state index contributed by atoms with van der Waals surface area (Å²) in [7, 11) is -4.72. The van der Waals surface area contributed by atoms with Crippen molar-refractivity contribution in [3.63, 3.8) is 0 Å². The molecule has 0 aliphatic rings. The summed E-state index contributed by atoms with van der Waals surface area (Å²) in [5.74, 6) is -3.07. The van der Waals surface area contributed by atoms with Crippen molar-refractivity contribution in [1.82, 2.24) is 5.32 Å². The number of amides is 1. The molecule has 4 N–H and O–H groups in total. The highest BCUT2D eigenvalue weighted by Gasteiger charge is 2.28. The van der Waals surface area contributed by atoms with Gasteiger partial charge in [-0.05, 0) is 52.4 Å². The van der Waals surface area contributed by atoms with Crippen LogP contribution in [0.5, 0.6) is 5.75 Å². The predicted molar refractivity (Wildman–Crippen MR) is 153 cm³/mol. The highest BCUT2D eigenvalue weighted by atomic mass is 31.2. The van der Waals surface area contributed by atoms with Gasteiger partial charge in [-0.15, -0.1) is 0 Å². The van der Waals surface area contributed by atoms with Gasteiger partial charge < -0.3 is 14.9 Å². The van der Waals surface area contributed by atoms with Crippen LogP contribution in [0.1, 0.15) is 23.1 Å². The molecule has 212 valence electrons. The molecule has 0 heterocycles. The van der Waals surface area contributed by atoms with Crippen LogP contribution < -0.4 is 9.84 Å². The van der Waals surface area contributed by atoms with E-state index >= 15 is 0 Å². The Balaban J connectivity index is 1.46. The Morgan fingerprint density at radius 1 is 0.756 bits per heavy atom. The van der Waals surface area contributed by atoms with Crippen LogP contribution in [0.4, 0.5) is 0 Å². The van der Waals surface area contributed by atoms with Gasteiger partial charge in [-0.3, -0.25) is 24.2 Å². The Morgan fingerprint density at radius 3 is 2.02 bits per heavy atom. The molecule has 4 rings (SSSR count). The van der Waals surface area contributed by atoms with Crippen LogP contribution in [0.25, 0.3) is 10.8 Å². The molecule has 0 aliphatic carbocycles. The Bertz CT molecular complexity index is 1570. The molecule has 9 nitrogen and oxygen atoms in total. The number of nitrogens with one attached hydrogen (secondary N) is 1. The Labute approximate surface area is 237 Å². The summed E-state index contributed by atoms with van der Waals surface area (Å²) in [4.78, 5) is 56.5. The lowest BCUT2D eigenvalue weighted by atomic mass is 9.90. The number of Topliss-reactive ketones (excluding diaryl/α,β-unsaturated/α-hetero) is 1. The van der Waals surface area contributed by atoms with Crippen molar-refractivity contribution in [1.29, 1.82) is 0 Å². The molecule has 0 aliphatic heterocycles. The summed E-state index contributed by atoms with van der Waals surface area (Å²) in [6.45, 7) is 0. The van der Waals surface area contributed by atoms with E-state index in [1.165, 1.54) is 24.3 Å². The summed E-state index contributed by atoms with van der Waals surface area (Å²) in [6.07, 6.45) is -0.0388. The summed E-state index contributed by atoms with van der Waals surface area (Å²) in [6, 6.07) is 27.4. The topological polar surface area (TPSA) is 150 Å². The van der Waals surface area contributed by atoms with Gasteiger partial charge in [-0.25, -0.2) is 4.57 Å². The average Bonchev–Trinajstić information content (AvgIpc) is 2.93. The molecule has 4 aromatic carbocycles. The second kappa shape index (κ2) is 13.4. The number of ketones is 1. The maximum atomic E-state index is 13.4. The smallest absolute Gasteiger partial charge is 0.481 e. The molecule has 0 aromatic heterocycles. The summed E-state index contributed by atoms with van der Waals surface area (Å²) >= 11 is 0. The molecule has 4 aromatic rings. The summed E-state index contributed by atoms with van der Waals surface area (Å²) in [5.41, 5.74) is 2.16. The molecule has 10 heteroatoms. The van der Waals surface area contributed by atoms with Gasteiger partial charge in [-0.2, -0.15) is 0 Å². The van der Waals surface area contributed by atoms with E-state index in [1.54, 1.807) is 0 Å². The molecule has 0 saturated heterocycles. The van der Waals surface area contributed by atoms with Crippen LogP contribution in [0, 0.1) is 5.92 Å². The molecule has 0 radical (unpaired) electrons. The van der Waals surface area contributed by atoms with Crippen molar-refractivity contribution in [3.05, 3.63) is 114 Å². The van der Waals surface area contributed by atoms with E-state index < -0.39 is 31.5 Å². The number of phosphoric acid groups is 1. The van der Waals surface area contributed by atoms with Crippen LogP contribution in [0.3, 0.4) is 0 Å². The molecule has 1 amide bonds. The fourth-order valence-electron chi connectivity index (χ4n) is 4.61. The van der Waals surface area contributed by atoms with Crippen LogP contribution in [-0.2, 0) is 38.2 Å². The van der Waals surface area contributed by atoms with E-state index in [4.69, 9.17) is 9.79 Å². The number of carbonyl (C=O) groups is 3. The number of rotatable bonds is 13. The average molecular weight is 576 g/mol.